The van der Waals surface area contributed by atoms with Crippen LogP contribution in [0.2, 0.25) is 0 Å². The molecule has 1 aromatic rings. The van der Waals surface area contributed by atoms with Gasteiger partial charge < -0.3 is 0 Å². The van der Waals surface area contributed by atoms with Crippen LogP contribution < -0.4 is 0 Å². The van der Waals surface area contributed by atoms with E-state index in [-0.39, 0.29) is 0 Å². The minimum absolute atomic E-state index is 1.06. The maximum Gasteiger partial charge on any atom is 0.0347 e. The molecule has 47 valence electrons. The fraction of sp³-hybridized carbons (Fsp3) is 0.143. The Morgan fingerprint density at radius 1 is 1.33 bits per heavy atom. The maximum absolute atomic E-state index is 3.41. The van der Waals surface area contributed by atoms with Gasteiger partial charge in [-0.05, 0) is 56.5 Å². The molecule has 0 saturated carbocycles. The van der Waals surface area contributed by atoms with E-state index in [9.17, 15) is 0 Å². The third-order valence-corrected chi connectivity index (χ3v) is 3.28. The Bertz CT molecular complexity index is 198. The number of rotatable bonds is 0. The fourth-order valence-corrected chi connectivity index (χ4v) is 1.23. The maximum atomic E-state index is 3.41. The molecule has 0 aliphatic carbocycles. The van der Waals surface area contributed by atoms with Gasteiger partial charge in [-0.15, -0.1) is 0 Å². The number of aryl methyl sites for hydroxylation is 1. The average Bonchev–Trinajstić information content (AvgIpc) is 1.83. The minimum Gasteiger partial charge on any atom is -0.0502 e. The first-order chi connectivity index (χ1) is 4.22. The van der Waals surface area contributed by atoms with Crippen LogP contribution in [0, 0.1) is 13.0 Å². The summed E-state index contributed by atoms with van der Waals surface area (Å²) in [6.07, 6.45) is 0. The Balaban J connectivity index is 3.25. The molecule has 0 amide bonds. The second-order valence-electron chi connectivity index (χ2n) is 1.80. The molecule has 0 bridgehead atoms. The van der Waals surface area contributed by atoms with Gasteiger partial charge in [-0.2, -0.15) is 0 Å². The lowest BCUT2D eigenvalue weighted by atomic mass is 10.2. The molecule has 0 spiro atoms. The zero-order chi connectivity index (χ0) is 6.85. The van der Waals surface area contributed by atoms with E-state index in [1.807, 2.05) is 19.1 Å². The third-order valence-electron chi connectivity index (χ3n) is 1.07. The second kappa shape index (κ2) is 2.84. The van der Waals surface area contributed by atoms with Gasteiger partial charge in [0.2, 0.25) is 0 Å². The van der Waals surface area contributed by atoms with Crippen molar-refractivity contribution in [2.45, 2.75) is 6.92 Å². The fourth-order valence-electron chi connectivity index (χ4n) is 0.555. The highest BCUT2D eigenvalue weighted by Crippen LogP contribution is 2.24. The van der Waals surface area contributed by atoms with E-state index in [1.165, 1.54) is 5.56 Å². The lowest BCUT2D eigenvalue weighted by molar-refractivity contribution is 1.40. The molecule has 2 heteroatoms. The Morgan fingerprint density at radius 2 is 2.00 bits per heavy atom. The average molecular weight is 249 g/mol. The molecule has 0 unspecified atom stereocenters. The molecule has 0 aromatic heterocycles. The van der Waals surface area contributed by atoms with Crippen LogP contribution in [0.4, 0.5) is 0 Å². The van der Waals surface area contributed by atoms with Crippen LogP contribution >= 0.6 is 31.9 Å². The Hall–Kier alpha value is 0.180. The molecule has 1 radical (unpaired) electrons. The van der Waals surface area contributed by atoms with Gasteiger partial charge in [0.25, 0.3) is 0 Å². The van der Waals surface area contributed by atoms with Crippen LogP contribution in [0.25, 0.3) is 0 Å². The normalized spacial score (nSPS) is 9.67. The van der Waals surface area contributed by atoms with E-state index in [4.69, 9.17) is 0 Å². The largest absolute Gasteiger partial charge is 0.0502 e. The summed E-state index contributed by atoms with van der Waals surface area (Å²) in [5, 5.41) is 0. The lowest BCUT2D eigenvalue weighted by Gasteiger charge is -1.96. The van der Waals surface area contributed by atoms with E-state index in [0.717, 1.165) is 8.95 Å². The first-order valence-corrected chi connectivity index (χ1v) is 4.12. The van der Waals surface area contributed by atoms with Crippen molar-refractivity contribution in [1.29, 1.82) is 0 Å². The lowest BCUT2D eigenvalue weighted by Crippen LogP contribution is -1.74. The summed E-state index contributed by atoms with van der Waals surface area (Å²) in [5.74, 6) is 0. The van der Waals surface area contributed by atoms with Crippen LogP contribution in [-0.2, 0) is 0 Å². The number of hydrogen-bond acceptors (Lipinski definition) is 0. The van der Waals surface area contributed by atoms with Crippen molar-refractivity contribution in [2.24, 2.45) is 0 Å². The van der Waals surface area contributed by atoms with Crippen LogP contribution in [0.15, 0.2) is 21.1 Å². The van der Waals surface area contributed by atoms with E-state index >= 15 is 0 Å². The number of halogens is 2. The summed E-state index contributed by atoms with van der Waals surface area (Å²) in [7, 11) is 0. The van der Waals surface area contributed by atoms with Crippen LogP contribution in [0.5, 0.6) is 0 Å². The van der Waals surface area contributed by atoms with Gasteiger partial charge in [-0.3, -0.25) is 0 Å². The molecule has 1 rings (SSSR count). The van der Waals surface area contributed by atoms with Crippen molar-refractivity contribution in [3.05, 3.63) is 32.7 Å². The Labute approximate surface area is 71.5 Å². The Kier molecular flexibility index (Phi) is 2.30. The van der Waals surface area contributed by atoms with Crippen LogP contribution in [-0.4, -0.2) is 0 Å². The van der Waals surface area contributed by atoms with Crippen molar-refractivity contribution < 1.29 is 0 Å². The highest BCUT2D eigenvalue weighted by Gasteiger charge is 1.95. The Morgan fingerprint density at radius 3 is 2.44 bits per heavy atom. The summed E-state index contributed by atoms with van der Waals surface area (Å²) >= 11 is 6.78. The zero-order valence-corrected chi connectivity index (χ0v) is 8.08. The summed E-state index contributed by atoms with van der Waals surface area (Å²) < 4.78 is 2.17. The quantitative estimate of drug-likeness (QED) is 0.661. The second-order valence-corrected chi connectivity index (χ2v) is 3.45. The smallest absolute Gasteiger partial charge is 0.0347 e. The van der Waals surface area contributed by atoms with Gasteiger partial charge in [-0.25, -0.2) is 0 Å². The van der Waals surface area contributed by atoms with Crippen molar-refractivity contribution in [2.75, 3.05) is 0 Å². The van der Waals surface area contributed by atoms with E-state index in [1.54, 1.807) is 0 Å². The molecule has 0 heterocycles. The first-order valence-electron chi connectivity index (χ1n) is 2.53. The van der Waals surface area contributed by atoms with E-state index in [0.29, 0.717) is 0 Å². The molecular formula is C7H5Br2. The zero-order valence-electron chi connectivity index (χ0n) is 4.91. The van der Waals surface area contributed by atoms with Crippen LogP contribution in [0.1, 0.15) is 5.56 Å². The standard InChI is InChI=1S/C7H5Br2/c1-5-3-2-4-6(8)7(5)9/h3-4H,1H3. The predicted octanol–water partition coefficient (Wildman–Crippen LogP) is 3.32. The topological polar surface area (TPSA) is 0 Å². The van der Waals surface area contributed by atoms with Crippen molar-refractivity contribution in [3.63, 3.8) is 0 Å². The van der Waals surface area contributed by atoms with Crippen molar-refractivity contribution >= 4 is 31.9 Å². The highest BCUT2D eigenvalue weighted by molar-refractivity contribution is 9.13. The van der Waals surface area contributed by atoms with E-state index in [2.05, 4.69) is 37.9 Å². The molecule has 0 nitrogen and oxygen atoms in total. The van der Waals surface area contributed by atoms with Gasteiger partial charge in [0.05, 0.1) is 0 Å². The first kappa shape index (κ1) is 7.29. The molecule has 0 saturated heterocycles. The molecule has 0 N–H and O–H groups in total. The predicted molar refractivity (Wildman–Crippen MR) is 45.4 cm³/mol. The van der Waals surface area contributed by atoms with Crippen molar-refractivity contribution in [1.82, 2.24) is 0 Å². The van der Waals surface area contributed by atoms with E-state index < -0.39 is 0 Å². The molecule has 0 aliphatic heterocycles. The summed E-state index contributed by atoms with van der Waals surface area (Å²) in [5.41, 5.74) is 1.20. The summed E-state index contributed by atoms with van der Waals surface area (Å²) in [4.78, 5) is 0. The molecule has 0 aliphatic rings. The van der Waals surface area contributed by atoms with Gasteiger partial charge in [0, 0.05) is 8.95 Å². The SMILES string of the molecule is Cc1c[c]cc(Br)c1Br. The monoisotopic (exact) mass is 247 g/mol. The number of benzene rings is 1. The molecular weight excluding hydrogens is 244 g/mol. The van der Waals surface area contributed by atoms with Gasteiger partial charge in [-0.1, -0.05) is 6.07 Å². The van der Waals surface area contributed by atoms with Gasteiger partial charge >= 0.3 is 0 Å². The third kappa shape index (κ3) is 1.55. The van der Waals surface area contributed by atoms with Crippen LogP contribution in [0.3, 0.4) is 0 Å². The molecule has 0 atom stereocenters. The van der Waals surface area contributed by atoms with Gasteiger partial charge in [0.15, 0.2) is 0 Å². The summed E-state index contributed by atoms with van der Waals surface area (Å²) in [6, 6.07) is 6.82. The molecule has 1 aromatic carbocycles. The molecule has 0 fully saturated rings. The highest BCUT2D eigenvalue weighted by atomic mass is 79.9. The van der Waals surface area contributed by atoms with Crippen molar-refractivity contribution in [3.8, 4) is 0 Å². The number of hydrogen-bond donors (Lipinski definition) is 0. The molecule has 9 heavy (non-hydrogen) atoms. The minimum atomic E-state index is 1.06. The summed E-state index contributed by atoms with van der Waals surface area (Å²) in [6.45, 7) is 2.03. The van der Waals surface area contributed by atoms with Gasteiger partial charge in [0.1, 0.15) is 0 Å².